The Balaban J connectivity index is 1.85. The number of amides is 2. The Bertz CT molecular complexity index is 641. The summed E-state index contributed by atoms with van der Waals surface area (Å²) in [5, 5.41) is 15.4. The molecule has 1 aromatic carbocycles. The number of aromatic nitrogens is 1. The highest BCUT2D eigenvalue weighted by Gasteiger charge is 2.13. The summed E-state index contributed by atoms with van der Waals surface area (Å²) in [7, 11) is 0. The number of benzene rings is 1. The lowest BCUT2D eigenvalue weighted by Gasteiger charge is -2.19. The Morgan fingerprint density at radius 1 is 1.41 bits per heavy atom. The number of hydrogen-bond donors (Lipinski definition) is 4. The Morgan fingerprint density at radius 2 is 2.18 bits per heavy atom. The number of aromatic amines is 1. The average Bonchev–Trinajstić information content (AvgIpc) is 2.88. The number of H-pyrrole nitrogens is 1. The predicted octanol–water partition coefficient (Wildman–Crippen LogP) is 2.17. The summed E-state index contributed by atoms with van der Waals surface area (Å²) in [4.78, 5) is 14.8. The lowest BCUT2D eigenvalue weighted by atomic mass is 10.1. The average molecular weight is 307 g/mol. The quantitative estimate of drug-likeness (QED) is 0.660. The molecule has 6 heteroatoms. The van der Waals surface area contributed by atoms with Crippen molar-refractivity contribution in [3.8, 4) is 0 Å². The van der Waals surface area contributed by atoms with Crippen LogP contribution in [0.3, 0.4) is 0 Å². The first-order chi connectivity index (χ1) is 10.5. The summed E-state index contributed by atoms with van der Waals surface area (Å²) in [6, 6.07) is 4.24. The lowest BCUT2D eigenvalue weighted by Crippen LogP contribution is -2.44. The minimum Gasteiger partial charge on any atom is -0.396 e. The van der Waals surface area contributed by atoms with E-state index in [9.17, 15) is 9.18 Å². The summed E-state index contributed by atoms with van der Waals surface area (Å²) in [5.41, 5.74) is 1.85. The first-order valence-corrected chi connectivity index (χ1v) is 7.42. The van der Waals surface area contributed by atoms with Crippen molar-refractivity contribution in [2.24, 2.45) is 5.92 Å². The molecule has 0 aliphatic rings. The van der Waals surface area contributed by atoms with E-state index in [-0.39, 0.29) is 30.4 Å². The zero-order valence-electron chi connectivity index (χ0n) is 12.8. The molecule has 4 N–H and O–H groups in total. The molecule has 2 amide bonds. The number of halogens is 1. The SMILES string of the molecule is CC(CO)C(C)NC(=O)NCCc1c[nH]c2ccc(F)cc12. The highest BCUT2D eigenvalue weighted by Crippen LogP contribution is 2.19. The van der Waals surface area contributed by atoms with Crippen LogP contribution in [-0.2, 0) is 6.42 Å². The third-order valence-corrected chi connectivity index (χ3v) is 3.91. The Labute approximate surface area is 128 Å². The van der Waals surface area contributed by atoms with Crippen molar-refractivity contribution in [2.45, 2.75) is 26.3 Å². The Kier molecular flexibility index (Phi) is 5.38. The number of aliphatic hydroxyl groups excluding tert-OH is 1. The Hall–Kier alpha value is -2.08. The lowest BCUT2D eigenvalue weighted by molar-refractivity contribution is 0.200. The van der Waals surface area contributed by atoms with Gasteiger partial charge in [-0.1, -0.05) is 6.92 Å². The van der Waals surface area contributed by atoms with Crippen LogP contribution in [0.1, 0.15) is 19.4 Å². The first kappa shape index (κ1) is 16.3. The van der Waals surface area contributed by atoms with Crippen LogP contribution < -0.4 is 10.6 Å². The minimum absolute atomic E-state index is 0.00217. The molecule has 2 aromatic rings. The molecule has 1 heterocycles. The summed E-state index contributed by atoms with van der Waals surface area (Å²) >= 11 is 0. The van der Waals surface area contributed by atoms with Gasteiger partial charge in [-0.3, -0.25) is 0 Å². The zero-order valence-corrected chi connectivity index (χ0v) is 12.8. The van der Waals surface area contributed by atoms with Crippen LogP contribution >= 0.6 is 0 Å². The van der Waals surface area contributed by atoms with E-state index in [1.165, 1.54) is 12.1 Å². The molecule has 0 saturated carbocycles. The molecule has 1 aromatic heterocycles. The van der Waals surface area contributed by atoms with E-state index in [4.69, 9.17) is 5.11 Å². The fraction of sp³-hybridized carbons (Fsp3) is 0.438. The van der Waals surface area contributed by atoms with Gasteiger partial charge in [0.1, 0.15) is 5.82 Å². The van der Waals surface area contributed by atoms with Crippen molar-refractivity contribution in [3.63, 3.8) is 0 Å². The number of carbonyl (C=O) groups excluding carboxylic acids is 1. The number of hydrogen-bond acceptors (Lipinski definition) is 2. The maximum atomic E-state index is 13.3. The van der Waals surface area contributed by atoms with Crippen LogP contribution in [0, 0.1) is 11.7 Å². The van der Waals surface area contributed by atoms with Gasteiger partial charge < -0.3 is 20.7 Å². The molecular weight excluding hydrogens is 285 g/mol. The summed E-state index contributed by atoms with van der Waals surface area (Å²) in [6.07, 6.45) is 2.45. The molecule has 2 rings (SSSR count). The van der Waals surface area contributed by atoms with Gasteiger partial charge >= 0.3 is 6.03 Å². The second kappa shape index (κ2) is 7.26. The summed E-state index contributed by atoms with van der Waals surface area (Å²) in [5.74, 6) is -0.270. The van der Waals surface area contributed by atoms with Crippen molar-refractivity contribution in [1.29, 1.82) is 0 Å². The molecule has 2 atom stereocenters. The molecule has 0 radical (unpaired) electrons. The van der Waals surface area contributed by atoms with E-state index in [0.29, 0.717) is 13.0 Å². The summed E-state index contributed by atoms with van der Waals surface area (Å²) < 4.78 is 13.3. The zero-order chi connectivity index (χ0) is 16.1. The van der Waals surface area contributed by atoms with Crippen LogP contribution in [0.25, 0.3) is 10.9 Å². The van der Waals surface area contributed by atoms with Crippen LogP contribution in [0.5, 0.6) is 0 Å². The van der Waals surface area contributed by atoms with Crippen molar-refractivity contribution in [3.05, 3.63) is 35.8 Å². The van der Waals surface area contributed by atoms with Crippen molar-refractivity contribution >= 4 is 16.9 Å². The predicted molar refractivity (Wildman–Crippen MR) is 84.2 cm³/mol. The molecule has 0 spiro atoms. The number of urea groups is 1. The first-order valence-electron chi connectivity index (χ1n) is 7.42. The molecule has 22 heavy (non-hydrogen) atoms. The third-order valence-electron chi connectivity index (χ3n) is 3.91. The number of carbonyl (C=O) groups is 1. The number of nitrogens with one attached hydrogen (secondary N) is 3. The number of rotatable bonds is 6. The molecule has 0 aliphatic heterocycles. The fourth-order valence-corrected chi connectivity index (χ4v) is 2.23. The van der Waals surface area contributed by atoms with E-state index in [1.807, 2.05) is 20.0 Å². The van der Waals surface area contributed by atoms with Gasteiger partial charge in [-0.05, 0) is 43.0 Å². The minimum atomic E-state index is -0.272. The van der Waals surface area contributed by atoms with Gasteiger partial charge in [0, 0.05) is 36.3 Å². The maximum Gasteiger partial charge on any atom is 0.315 e. The van der Waals surface area contributed by atoms with Crippen LogP contribution in [0.15, 0.2) is 24.4 Å². The van der Waals surface area contributed by atoms with Crippen molar-refractivity contribution in [2.75, 3.05) is 13.2 Å². The van der Waals surface area contributed by atoms with Crippen molar-refractivity contribution in [1.82, 2.24) is 15.6 Å². The third kappa shape index (κ3) is 3.98. The van der Waals surface area contributed by atoms with Gasteiger partial charge in [0.15, 0.2) is 0 Å². The van der Waals surface area contributed by atoms with Crippen LogP contribution in [-0.4, -0.2) is 35.3 Å². The number of aliphatic hydroxyl groups is 1. The largest absolute Gasteiger partial charge is 0.396 e. The van der Waals surface area contributed by atoms with Gasteiger partial charge in [-0.15, -0.1) is 0 Å². The molecule has 5 nitrogen and oxygen atoms in total. The highest BCUT2D eigenvalue weighted by atomic mass is 19.1. The van der Waals surface area contributed by atoms with Gasteiger partial charge in [-0.25, -0.2) is 9.18 Å². The van der Waals surface area contributed by atoms with Gasteiger partial charge in [-0.2, -0.15) is 0 Å². The van der Waals surface area contributed by atoms with Crippen LogP contribution in [0.2, 0.25) is 0 Å². The summed E-state index contributed by atoms with van der Waals surface area (Å²) in [6.45, 7) is 4.20. The maximum absolute atomic E-state index is 13.3. The van der Waals surface area contributed by atoms with Gasteiger partial charge in [0.25, 0.3) is 0 Å². The van der Waals surface area contributed by atoms with E-state index in [1.54, 1.807) is 6.07 Å². The van der Waals surface area contributed by atoms with E-state index in [2.05, 4.69) is 15.6 Å². The molecular formula is C16H22FN3O2. The van der Waals surface area contributed by atoms with Crippen LogP contribution in [0.4, 0.5) is 9.18 Å². The second-order valence-corrected chi connectivity index (χ2v) is 5.60. The standard InChI is InChI=1S/C16H22FN3O2/c1-10(9-21)11(2)20-16(22)18-6-5-12-8-19-15-4-3-13(17)7-14(12)15/h3-4,7-8,10-11,19,21H,5-6,9H2,1-2H3,(H2,18,20,22). The monoisotopic (exact) mass is 307 g/mol. The van der Waals surface area contributed by atoms with E-state index >= 15 is 0 Å². The fourth-order valence-electron chi connectivity index (χ4n) is 2.23. The molecule has 120 valence electrons. The normalized spacial score (nSPS) is 13.8. The molecule has 0 saturated heterocycles. The number of fused-ring (bicyclic) bond motifs is 1. The smallest absolute Gasteiger partial charge is 0.315 e. The van der Waals surface area contributed by atoms with Gasteiger partial charge in [0.05, 0.1) is 0 Å². The highest BCUT2D eigenvalue weighted by molar-refractivity contribution is 5.83. The van der Waals surface area contributed by atoms with E-state index in [0.717, 1.165) is 16.5 Å². The van der Waals surface area contributed by atoms with Crippen molar-refractivity contribution < 1.29 is 14.3 Å². The van der Waals surface area contributed by atoms with E-state index < -0.39 is 0 Å². The molecule has 0 fully saturated rings. The molecule has 2 unspecified atom stereocenters. The topological polar surface area (TPSA) is 77.2 Å². The second-order valence-electron chi connectivity index (χ2n) is 5.60. The molecule has 0 aliphatic carbocycles. The Morgan fingerprint density at radius 3 is 2.91 bits per heavy atom. The van der Waals surface area contributed by atoms with Gasteiger partial charge in [0.2, 0.25) is 0 Å². The molecule has 0 bridgehead atoms.